The van der Waals surface area contributed by atoms with Crippen molar-refractivity contribution >= 4 is 43.9 Å². The standard InChI is InChI=1S/C16H14BrN3O2S/c1-20(7-10-8-23-9-13(10)17)15(21)6-14-11-4-2-3-5-12(11)16(22)19-18-14/h2-5,8-9H,6-7H2,1H3,(H,19,22). The number of hydrogen-bond donors (Lipinski definition) is 1. The molecular formula is C16H14BrN3O2S. The number of aromatic amines is 1. The molecule has 1 N–H and O–H groups in total. The molecule has 1 amide bonds. The Morgan fingerprint density at radius 2 is 2.04 bits per heavy atom. The number of rotatable bonds is 4. The van der Waals surface area contributed by atoms with E-state index in [1.165, 1.54) is 0 Å². The summed E-state index contributed by atoms with van der Waals surface area (Å²) in [7, 11) is 1.76. The number of carbonyl (C=O) groups excluding carboxylic acids is 1. The van der Waals surface area contributed by atoms with Crippen LogP contribution in [0.1, 0.15) is 11.3 Å². The first-order valence-corrected chi connectivity index (χ1v) is 8.70. The van der Waals surface area contributed by atoms with Crippen molar-refractivity contribution in [1.82, 2.24) is 15.1 Å². The molecule has 7 heteroatoms. The van der Waals surface area contributed by atoms with Crippen LogP contribution in [-0.2, 0) is 17.8 Å². The van der Waals surface area contributed by atoms with Crippen LogP contribution >= 0.6 is 27.3 Å². The van der Waals surface area contributed by atoms with Crippen molar-refractivity contribution in [3.63, 3.8) is 0 Å². The molecule has 5 nitrogen and oxygen atoms in total. The highest BCUT2D eigenvalue weighted by atomic mass is 79.9. The number of nitrogens with one attached hydrogen (secondary N) is 1. The van der Waals surface area contributed by atoms with E-state index < -0.39 is 0 Å². The van der Waals surface area contributed by atoms with Crippen molar-refractivity contribution in [1.29, 1.82) is 0 Å². The highest BCUT2D eigenvalue weighted by Gasteiger charge is 2.15. The number of aromatic nitrogens is 2. The molecule has 0 spiro atoms. The summed E-state index contributed by atoms with van der Waals surface area (Å²) in [6.07, 6.45) is 0.148. The fourth-order valence-electron chi connectivity index (χ4n) is 2.35. The summed E-state index contributed by atoms with van der Waals surface area (Å²) >= 11 is 5.06. The Bertz CT molecular complexity index is 919. The maximum Gasteiger partial charge on any atom is 0.272 e. The summed E-state index contributed by atoms with van der Waals surface area (Å²) < 4.78 is 1.01. The lowest BCUT2D eigenvalue weighted by molar-refractivity contribution is -0.129. The highest BCUT2D eigenvalue weighted by Crippen LogP contribution is 2.22. The van der Waals surface area contributed by atoms with E-state index in [9.17, 15) is 9.59 Å². The van der Waals surface area contributed by atoms with Gasteiger partial charge in [-0.2, -0.15) is 16.4 Å². The number of hydrogen-bond acceptors (Lipinski definition) is 4. The summed E-state index contributed by atoms with van der Waals surface area (Å²) in [5.41, 5.74) is 1.42. The van der Waals surface area contributed by atoms with Crippen LogP contribution in [0.4, 0.5) is 0 Å². The second-order valence-corrected chi connectivity index (χ2v) is 6.81. The molecule has 0 saturated heterocycles. The van der Waals surface area contributed by atoms with Crippen molar-refractivity contribution in [2.45, 2.75) is 13.0 Å². The summed E-state index contributed by atoms with van der Waals surface area (Å²) in [6, 6.07) is 7.18. The maximum absolute atomic E-state index is 12.5. The summed E-state index contributed by atoms with van der Waals surface area (Å²) in [6.45, 7) is 0.532. The molecule has 2 aromatic heterocycles. The number of amides is 1. The molecule has 118 valence electrons. The minimum atomic E-state index is -0.243. The minimum absolute atomic E-state index is 0.0483. The summed E-state index contributed by atoms with van der Waals surface area (Å²) in [4.78, 5) is 25.9. The molecule has 0 saturated carbocycles. The molecule has 0 fully saturated rings. The molecule has 3 rings (SSSR count). The van der Waals surface area contributed by atoms with Crippen molar-refractivity contribution in [2.75, 3.05) is 7.05 Å². The van der Waals surface area contributed by atoms with E-state index in [4.69, 9.17) is 0 Å². The Balaban J connectivity index is 1.82. The van der Waals surface area contributed by atoms with Gasteiger partial charge in [-0.1, -0.05) is 18.2 Å². The zero-order chi connectivity index (χ0) is 16.4. The smallest absolute Gasteiger partial charge is 0.272 e. The lowest BCUT2D eigenvalue weighted by Crippen LogP contribution is -2.28. The lowest BCUT2D eigenvalue weighted by atomic mass is 10.1. The Morgan fingerprint density at radius 1 is 1.30 bits per heavy atom. The van der Waals surface area contributed by atoms with Gasteiger partial charge in [-0.05, 0) is 32.9 Å². The minimum Gasteiger partial charge on any atom is -0.341 e. The second kappa shape index (κ2) is 6.64. The Morgan fingerprint density at radius 3 is 2.74 bits per heavy atom. The number of fused-ring (bicyclic) bond motifs is 1. The van der Waals surface area contributed by atoms with Crippen LogP contribution in [0.2, 0.25) is 0 Å². The van der Waals surface area contributed by atoms with Gasteiger partial charge in [0.2, 0.25) is 5.91 Å². The molecule has 0 aliphatic heterocycles. The van der Waals surface area contributed by atoms with Crippen LogP contribution < -0.4 is 5.56 Å². The zero-order valence-corrected chi connectivity index (χ0v) is 14.8. The van der Waals surface area contributed by atoms with E-state index in [2.05, 4.69) is 26.1 Å². The van der Waals surface area contributed by atoms with Gasteiger partial charge in [0.15, 0.2) is 0 Å². The number of nitrogens with zero attached hydrogens (tertiary/aromatic N) is 2. The summed E-state index contributed by atoms with van der Waals surface area (Å²) in [5.74, 6) is -0.0483. The molecule has 0 aliphatic rings. The van der Waals surface area contributed by atoms with Gasteiger partial charge in [0.25, 0.3) is 5.56 Å². The van der Waals surface area contributed by atoms with Crippen LogP contribution in [0.3, 0.4) is 0 Å². The van der Waals surface area contributed by atoms with Crippen LogP contribution in [0, 0.1) is 0 Å². The molecule has 0 unspecified atom stereocenters. The first-order chi connectivity index (χ1) is 11.1. The number of carbonyl (C=O) groups is 1. The number of halogens is 1. The lowest BCUT2D eigenvalue weighted by Gasteiger charge is -2.17. The zero-order valence-electron chi connectivity index (χ0n) is 12.4. The average molecular weight is 392 g/mol. The average Bonchev–Trinajstić information content (AvgIpc) is 2.95. The van der Waals surface area contributed by atoms with E-state index in [1.54, 1.807) is 35.4 Å². The Hall–Kier alpha value is -1.99. The van der Waals surface area contributed by atoms with Crippen molar-refractivity contribution in [3.8, 4) is 0 Å². The van der Waals surface area contributed by atoms with Gasteiger partial charge in [0.1, 0.15) is 0 Å². The first-order valence-electron chi connectivity index (χ1n) is 6.97. The molecular weight excluding hydrogens is 378 g/mol. The SMILES string of the molecule is CN(Cc1cscc1Br)C(=O)Cc1n[nH]c(=O)c2ccccc12. The van der Waals surface area contributed by atoms with E-state index in [0.717, 1.165) is 15.4 Å². The van der Waals surface area contributed by atoms with E-state index in [0.29, 0.717) is 17.6 Å². The van der Waals surface area contributed by atoms with E-state index in [1.807, 2.05) is 22.9 Å². The molecule has 0 radical (unpaired) electrons. The van der Waals surface area contributed by atoms with Crippen LogP contribution in [-0.4, -0.2) is 28.1 Å². The molecule has 1 aromatic carbocycles. The molecule has 3 aromatic rings. The fraction of sp³-hybridized carbons (Fsp3) is 0.188. The van der Waals surface area contributed by atoms with Gasteiger partial charge < -0.3 is 4.90 Å². The second-order valence-electron chi connectivity index (χ2n) is 5.22. The third-order valence-corrected chi connectivity index (χ3v) is 5.45. The fourth-order valence-corrected chi connectivity index (χ4v) is 3.77. The predicted molar refractivity (Wildman–Crippen MR) is 94.6 cm³/mol. The summed E-state index contributed by atoms with van der Waals surface area (Å²) in [5, 5.41) is 11.8. The van der Waals surface area contributed by atoms with Crippen molar-refractivity contribution < 1.29 is 4.79 Å². The van der Waals surface area contributed by atoms with Gasteiger partial charge in [-0.15, -0.1) is 0 Å². The van der Waals surface area contributed by atoms with Gasteiger partial charge in [-0.3, -0.25) is 9.59 Å². The molecule has 2 heterocycles. The van der Waals surface area contributed by atoms with E-state index in [-0.39, 0.29) is 17.9 Å². The normalized spacial score (nSPS) is 10.9. The number of likely N-dealkylation sites (N-methyl/N-ethyl adjacent to an activating group) is 1. The Labute approximate surface area is 145 Å². The van der Waals surface area contributed by atoms with Crippen LogP contribution in [0.15, 0.2) is 44.3 Å². The van der Waals surface area contributed by atoms with E-state index >= 15 is 0 Å². The highest BCUT2D eigenvalue weighted by molar-refractivity contribution is 9.10. The molecule has 23 heavy (non-hydrogen) atoms. The monoisotopic (exact) mass is 391 g/mol. The topological polar surface area (TPSA) is 66.1 Å². The quantitative estimate of drug-likeness (QED) is 0.743. The van der Waals surface area contributed by atoms with Crippen LogP contribution in [0.5, 0.6) is 0 Å². The van der Waals surface area contributed by atoms with Gasteiger partial charge >= 0.3 is 0 Å². The largest absolute Gasteiger partial charge is 0.341 e. The Kier molecular flexibility index (Phi) is 4.58. The number of H-pyrrole nitrogens is 1. The molecule has 0 aliphatic carbocycles. The maximum atomic E-state index is 12.5. The molecule has 0 atom stereocenters. The van der Waals surface area contributed by atoms with Crippen molar-refractivity contribution in [3.05, 3.63) is 61.1 Å². The number of thiophene rings is 1. The molecule has 0 bridgehead atoms. The third-order valence-electron chi connectivity index (χ3n) is 3.62. The van der Waals surface area contributed by atoms with Crippen LogP contribution in [0.25, 0.3) is 10.8 Å². The van der Waals surface area contributed by atoms with Gasteiger partial charge in [0, 0.05) is 28.8 Å². The third kappa shape index (κ3) is 3.35. The van der Waals surface area contributed by atoms with Gasteiger partial charge in [0.05, 0.1) is 17.5 Å². The van der Waals surface area contributed by atoms with Gasteiger partial charge in [-0.25, -0.2) is 5.10 Å². The predicted octanol–water partition coefficient (Wildman–Crippen LogP) is 2.95. The van der Waals surface area contributed by atoms with Crippen molar-refractivity contribution in [2.24, 2.45) is 0 Å². The number of benzene rings is 1. The first kappa shape index (κ1) is 15.9.